The van der Waals surface area contributed by atoms with Crippen LogP contribution >= 0.6 is 0 Å². The van der Waals surface area contributed by atoms with E-state index in [1.165, 1.54) is 6.20 Å². The lowest BCUT2D eigenvalue weighted by molar-refractivity contribution is 0.0695. The molecule has 0 spiro atoms. The SMILES string of the molecule is CCCn1cc(C(=O)O)c(=O)c2ccc(-c3cc(C)nc(C)c3)cc21. The number of pyridine rings is 2. The first-order valence-electron chi connectivity index (χ1n) is 8.27. The molecule has 0 unspecified atom stereocenters. The molecule has 0 fully saturated rings. The molecule has 0 bridgehead atoms. The highest BCUT2D eigenvalue weighted by Crippen LogP contribution is 2.25. The van der Waals surface area contributed by atoms with Gasteiger partial charge in [0.2, 0.25) is 5.43 Å². The van der Waals surface area contributed by atoms with Gasteiger partial charge in [-0.2, -0.15) is 0 Å². The Balaban J connectivity index is 2.29. The predicted octanol–water partition coefficient (Wildman–Crippen LogP) is 3.79. The molecule has 3 rings (SSSR count). The van der Waals surface area contributed by atoms with Crippen LogP contribution in [0.15, 0.2) is 41.3 Å². The number of hydrogen-bond donors (Lipinski definition) is 1. The van der Waals surface area contributed by atoms with Crippen molar-refractivity contribution in [2.24, 2.45) is 0 Å². The Labute approximate surface area is 145 Å². The van der Waals surface area contributed by atoms with Gasteiger partial charge >= 0.3 is 5.97 Å². The summed E-state index contributed by atoms with van der Waals surface area (Å²) in [7, 11) is 0. The molecule has 0 aliphatic rings. The Morgan fingerprint density at radius 3 is 2.40 bits per heavy atom. The Kier molecular flexibility index (Phi) is 4.40. The maximum Gasteiger partial charge on any atom is 0.341 e. The van der Waals surface area contributed by atoms with E-state index >= 15 is 0 Å². The normalized spacial score (nSPS) is 11.0. The maximum atomic E-state index is 12.5. The Morgan fingerprint density at radius 2 is 1.80 bits per heavy atom. The van der Waals surface area contributed by atoms with Crippen LogP contribution in [0, 0.1) is 13.8 Å². The zero-order chi connectivity index (χ0) is 18.1. The van der Waals surface area contributed by atoms with Crippen molar-refractivity contribution in [3.05, 3.63) is 63.7 Å². The van der Waals surface area contributed by atoms with E-state index in [0.29, 0.717) is 11.9 Å². The first-order chi connectivity index (χ1) is 11.9. The molecule has 0 aliphatic heterocycles. The van der Waals surface area contributed by atoms with E-state index in [9.17, 15) is 14.7 Å². The molecule has 0 radical (unpaired) electrons. The fourth-order valence-electron chi connectivity index (χ4n) is 3.15. The fourth-order valence-corrected chi connectivity index (χ4v) is 3.15. The second-order valence-corrected chi connectivity index (χ2v) is 6.24. The van der Waals surface area contributed by atoms with Crippen molar-refractivity contribution in [1.29, 1.82) is 0 Å². The third kappa shape index (κ3) is 3.18. The number of aromatic carboxylic acids is 1. The average Bonchev–Trinajstić information content (AvgIpc) is 2.56. The molecule has 3 aromatic rings. The van der Waals surface area contributed by atoms with Crippen molar-refractivity contribution in [2.75, 3.05) is 0 Å². The highest BCUT2D eigenvalue weighted by atomic mass is 16.4. The largest absolute Gasteiger partial charge is 0.477 e. The average molecular weight is 336 g/mol. The van der Waals surface area contributed by atoms with Gasteiger partial charge < -0.3 is 9.67 Å². The minimum absolute atomic E-state index is 0.190. The molecule has 1 aromatic carbocycles. The summed E-state index contributed by atoms with van der Waals surface area (Å²) in [5, 5.41) is 9.72. The summed E-state index contributed by atoms with van der Waals surface area (Å²) in [5.74, 6) is -1.19. The minimum Gasteiger partial charge on any atom is -0.477 e. The highest BCUT2D eigenvalue weighted by molar-refractivity contribution is 5.93. The summed E-state index contributed by atoms with van der Waals surface area (Å²) in [6.45, 7) is 6.56. The van der Waals surface area contributed by atoms with Crippen molar-refractivity contribution in [1.82, 2.24) is 9.55 Å². The Hall–Kier alpha value is -2.95. The van der Waals surface area contributed by atoms with Crippen LogP contribution in [0.3, 0.4) is 0 Å². The maximum absolute atomic E-state index is 12.5. The number of rotatable bonds is 4. The summed E-state index contributed by atoms with van der Waals surface area (Å²) in [4.78, 5) is 28.2. The number of fused-ring (bicyclic) bond motifs is 1. The Bertz CT molecular complexity index is 1010. The zero-order valence-electron chi connectivity index (χ0n) is 14.5. The second kappa shape index (κ2) is 6.51. The van der Waals surface area contributed by atoms with E-state index in [-0.39, 0.29) is 5.56 Å². The number of aromatic nitrogens is 2. The first-order valence-corrected chi connectivity index (χ1v) is 8.27. The van der Waals surface area contributed by atoms with E-state index in [1.807, 2.05) is 49.6 Å². The van der Waals surface area contributed by atoms with Gasteiger partial charge in [-0.1, -0.05) is 13.0 Å². The van der Waals surface area contributed by atoms with Gasteiger partial charge in [-0.05, 0) is 55.7 Å². The minimum atomic E-state index is -1.19. The lowest BCUT2D eigenvalue weighted by Gasteiger charge is -2.13. The van der Waals surface area contributed by atoms with Crippen LogP contribution in [0.1, 0.15) is 35.1 Å². The molecule has 2 aromatic heterocycles. The number of carbonyl (C=O) groups is 1. The molecule has 5 heteroatoms. The molecule has 0 atom stereocenters. The lowest BCUT2D eigenvalue weighted by atomic mass is 10.0. The second-order valence-electron chi connectivity index (χ2n) is 6.24. The van der Waals surface area contributed by atoms with Crippen molar-refractivity contribution in [3.63, 3.8) is 0 Å². The van der Waals surface area contributed by atoms with E-state index in [0.717, 1.165) is 34.5 Å². The predicted molar refractivity (Wildman–Crippen MR) is 98.2 cm³/mol. The zero-order valence-corrected chi connectivity index (χ0v) is 14.5. The van der Waals surface area contributed by atoms with Crippen molar-refractivity contribution >= 4 is 16.9 Å². The van der Waals surface area contributed by atoms with Crippen LogP contribution in [0.2, 0.25) is 0 Å². The molecule has 0 amide bonds. The van der Waals surface area contributed by atoms with Crippen LogP contribution in [-0.4, -0.2) is 20.6 Å². The topological polar surface area (TPSA) is 72.2 Å². The van der Waals surface area contributed by atoms with Crippen LogP contribution in [-0.2, 0) is 6.54 Å². The first kappa shape index (κ1) is 16.9. The van der Waals surface area contributed by atoms with Gasteiger partial charge in [0.15, 0.2) is 0 Å². The van der Waals surface area contributed by atoms with Gasteiger partial charge in [-0.15, -0.1) is 0 Å². The summed E-state index contributed by atoms with van der Waals surface area (Å²) < 4.78 is 1.85. The third-order valence-electron chi connectivity index (χ3n) is 4.19. The summed E-state index contributed by atoms with van der Waals surface area (Å²) in [6, 6.07) is 9.53. The number of carboxylic acids is 1. The number of nitrogens with zero attached hydrogens (tertiary/aromatic N) is 2. The summed E-state index contributed by atoms with van der Waals surface area (Å²) >= 11 is 0. The molecule has 0 saturated carbocycles. The molecule has 0 saturated heterocycles. The molecule has 128 valence electrons. The monoisotopic (exact) mass is 336 g/mol. The molecule has 0 aliphatic carbocycles. The van der Waals surface area contributed by atoms with E-state index in [4.69, 9.17) is 0 Å². The smallest absolute Gasteiger partial charge is 0.341 e. The molecule has 5 nitrogen and oxygen atoms in total. The summed E-state index contributed by atoms with van der Waals surface area (Å²) in [5.41, 5.74) is 4.00. The van der Waals surface area contributed by atoms with E-state index in [1.54, 1.807) is 6.07 Å². The quantitative estimate of drug-likeness (QED) is 0.787. The fraction of sp³-hybridized carbons (Fsp3) is 0.250. The van der Waals surface area contributed by atoms with Gasteiger partial charge in [0, 0.05) is 29.5 Å². The van der Waals surface area contributed by atoms with Crippen LogP contribution in [0.5, 0.6) is 0 Å². The standard InChI is InChI=1S/C20H20N2O3/c1-4-7-22-11-17(20(24)25)19(23)16-6-5-14(10-18(16)22)15-8-12(2)21-13(3)9-15/h5-6,8-11H,4,7H2,1-3H3,(H,24,25). The van der Waals surface area contributed by atoms with Gasteiger partial charge in [-0.3, -0.25) is 9.78 Å². The van der Waals surface area contributed by atoms with Crippen molar-refractivity contribution in [3.8, 4) is 11.1 Å². The number of benzene rings is 1. The molecule has 2 heterocycles. The number of hydrogen-bond acceptors (Lipinski definition) is 3. The van der Waals surface area contributed by atoms with Crippen LogP contribution in [0.25, 0.3) is 22.0 Å². The summed E-state index contributed by atoms with van der Waals surface area (Å²) in [6.07, 6.45) is 2.29. The third-order valence-corrected chi connectivity index (χ3v) is 4.19. The van der Waals surface area contributed by atoms with Crippen molar-refractivity contribution in [2.45, 2.75) is 33.7 Å². The number of aryl methyl sites for hydroxylation is 3. The van der Waals surface area contributed by atoms with Crippen LogP contribution < -0.4 is 5.43 Å². The highest BCUT2D eigenvalue weighted by Gasteiger charge is 2.15. The van der Waals surface area contributed by atoms with E-state index < -0.39 is 11.4 Å². The van der Waals surface area contributed by atoms with Crippen molar-refractivity contribution < 1.29 is 9.90 Å². The number of carboxylic acid groups (broad SMARTS) is 1. The molecule has 1 N–H and O–H groups in total. The van der Waals surface area contributed by atoms with Gasteiger partial charge in [0.1, 0.15) is 5.56 Å². The van der Waals surface area contributed by atoms with E-state index in [2.05, 4.69) is 4.98 Å². The van der Waals surface area contributed by atoms with Gasteiger partial charge in [0.25, 0.3) is 0 Å². The molecular weight excluding hydrogens is 316 g/mol. The van der Waals surface area contributed by atoms with Crippen LogP contribution in [0.4, 0.5) is 0 Å². The van der Waals surface area contributed by atoms with Gasteiger partial charge in [-0.25, -0.2) is 4.79 Å². The lowest BCUT2D eigenvalue weighted by Crippen LogP contribution is -2.19. The molecular formula is C20H20N2O3. The Morgan fingerprint density at radius 1 is 1.12 bits per heavy atom. The molecule has 25 heavy (non-hydrogen) atoms. The van der Waals surface area contributed by atoms with Gasteiger partial charge in [0.05, 0.1) is 5.52 Å².